The molecule has 0 bridgehead atoms. The van der Waals surface area contributed by atoms with Gasteiger partial charge in [0.1, 0.15) is 12.1 Å². The number of carbonyl (C=O) groups is 1. The Morgan fingerprint density at radius 2 is 2.00 bits per heavy atom. The molecule has 4 heteroatoms. The maximum Gasteiger partial charge on any atom is 0.150 e. The van der Waals surface area contributed by atoms with Gasteiger partial charge in [0.05, 0.1) is 0 Å². The molecular formula is C16H11ClFNO. The SMILES string of the molecule is O=Cc1ccc2c(ccn2Cc2ccc(F)cc2Cl)c1. The molecule has 1 aromatic heterocycles. The topological polar surface area (TPSA) is 22.0 Å². The Balaban J connectivity index is 2.00. The van der Waals surface area contributed by atoms with E-state index in [1.165, 1.54) is 12.1 Å². The summed E-state index contributed by atoms with van der Waals surface area (Å²) in [5.41, 5.74) is 2.51. The van der Waals surface area contributed by atoms with Crippen LogP contribution in [0.2, 0.25) is 5.02 Å². The first-order valence-electron chi connectivity index (χ1n) is 6.15. The monoisotopic (exact) mass is 287 g/mol. The quantitative estimate of drug-likeness (QED) is 0.659. The number of rotatable bonds is 3. The Morgan fingerprint density at radius 1 is 1.15 bits per heavy atom. The molecule has 0 N–H and O–H groups in total. The Bertz CT molecular complexity index is 794. The van der Waals surface area contributed by atoms with E-state index in [1.807, 2.05) is 29.0 Å². The van der Waals surface area contributed by atoms with Gasteiger partial charge in [-0.1, -0.05) is 17.7 Å². The lowest BCUT2D eigenvalue weighted by Crippen LogP contribution is -1.99. The fourth-order valence-corrected chi connectivity index (χ4v) is 2.49. The predicted octanol–water partition coefficient (Wildman–Crippen LogP) is 4.29. The van der Waals surface area contributed by atoms with Crippen LogP contribution < -0.4 is 0 Å². The average molecular weight is 288 g/mol. The highest BCUT2D eigenvalue weighted by molar-refractivity contribution is 6.31. The molecule has 1 heterocycles. The van der Waals surface area contributed by atoms with Gasteiger partial charge in [0.15, 0.2) is 0 Å². The van der Waals surface area contributed by atoms with Crippen LogP contribution >= 0.6 is 11.6 Å². The first kappa shape index (κ1) is 12.9. The second-order valence-corrected chi connectivity index (χ2v) is 5.02. The second kappa shape index (κ2) is 5.10. The molecule has 0 radical (unpaired) electrons. The van der Waals surface area contributed by atoms with Crippen LogP contribution in [0.4, 0.5) is 4.39 Å². The fraction of sp³-hybridized carbons (Fsp3) is 0.0625. The van der Waals surface area contributed by atoms with E-state index in [1.54, 1.807) is 12.1 Å². The highest BCUT2D eigenvalue weighted by Crippen LogP contribution is 2.22. The highest BCUT2D eigenvalue weighted by Gasteiger charge is 2.06. The van der Waals surface area contributed by atoms with E-state index < -0.39 is 0 Å². The second-order valence-electron chi connectivity index (χ2n) is 4.62. The van der Waals surface area contributed by atoms with E-state index in [2.05, 4.69) is 0 Å². The van der Waals surface area contributed by atoms with Crippen molar-refractivity contribution in [2.24, 2.45) is 0 Å². The van der Waals surface area contributed by atoms with Crippen LogP contribution in [0.15, 0.2) is 48.7 Å². The summed E-state index contributed by atoms with van der Waals surface area (Å²) in [5.74, 6) is -0.341. The lowest BCUT2D eigenvalue weighted by atomic mass is 10.2. The Morgan fingerprint density at radius 3 is 2.75 bits per heavy atom. The van der Waals surface area contributed by atoms with Crippen molar-refractivity contribution in [1.82, 2.24) is 4.57 Å². The van der Waals surface area contributed by atoms with Crippen molar-refractivity contribution in [3.63, 3.8) is 0 Å². The molecule has 0 spiro atoms. The number of hydrogen-bond acceptors (Lipinski definition) is 1. The molecule has 20 heavy (non-hydrogen) atoms. The van der Waals surface area contributed by atoms with Gasteiger partial charge in [0, 0.05) is 34.2 Å². The molecule has 0 saturated heterocycles. The molecule has 2 nitrogen and oxygen atoms in total. The molecule has 0 atom stereocenters. The molecule has 0 saturated carbocycles. The third kappa shape index (κ3) is 2.32. The van der Waals surface area contributed by atoms with Crippen molar-refractivity contribution in [3.8, 4) is 0 Å². The molecule has 100 valence electrons. The molecule has 0 fully saturated rings. The van der Waals surface area contributed by atoms with Crippen molar-refractivity contribution >= 4 is 28.8 Å². The lowest BCUT2D eigenvalue weighted by molar-refractivity contribution is 0.112. The number of benzene rings is 2. The summed E-state index contributed by atoms with van der Waals surface area (Å²) < 4.78 is 15.1. The maximum atomic E-state index is 13.0. The zero-order valence-electron chi connectivity index (χ0n) is 10.5. The van der Waals surface area contributed by atoms with E-state index in [0.717, 1.165) is 22.8 Å². The standard InChI is InChI=1S/C16H11ClFNO/c17-15-8-14(18)3-2-13(15)9-19-6-5-12-7-11(10-20)1-4-16(12)19/h1-8,10H,9H2. The van der Waals surface area contributed by atoms with Gasteiger partial charge in [0.25, 0.3) is 0 Å². The number of aldehydes is 1. The molecule has 3 aromatic rings. The molecule has 0 aliphatic heterocycles. The lowest BCUT2D eigenvalue weighted by Gasteiger charge is -2.08. The van der Waals surface area contributed by atoms with Gasteiger partial charge < -0.3 is 4.57 Å². The number of nitrogens with zero attached hydrogens (tertiary/aromatic N) is 1. The van der Waals surface area contributed by atoms with E-state index in [9.17, 15) is 9.18 Å². The van der Waals surface area contributed by atoms with Gasteiger partial charge in [-0.15, -0.1) is 0 Å². The minimum absolute atomic E-state index is 0.341. The van der Waals surface area contributed by atoms with Crippen molar-refractivity contribution in [2.45, 2.75) is 6.54 Å². The number of carbonyl (C=O) groups excluding carboxylic acids is 1. The molecule has 0 unspecified atom stereocenters. The molecule has 0 aliphatic rings. The van der Waals surface area contributed by atoms with Crippen LogP contribution in [-0.4, -0.2) is 10.9 Å². The Kier molecular flexibility index (Phi) is 3.28. The van der Waals surface area contributed by atoms with Crippen LogP contribution in [-0.2, 0) is 6.54 Å². The van der Waals surface area contributed by atoms with E-state index in [4.69, 9.17) is 11.6 Å². The number of fused-ring (bicyclic) bond motifs is 1. The number of hydrogen-bond donors (Lipinski definition) is 0. The maximum absolute atomic E-state index is 13.0. The van der Waals surface area contributed by atoms with Gasteiger partial charge in [-0.25, -0.2) is 4.39 Å². The third-order valence-corrected chi connectivity index (χ3v) is 3.64. The molecule has 0 amide bonds. The molecular weight excluding hydrogens is 277 g/mol. The van der Waals surface area contributed by atoms with Crippen LogP contribution in [0, 0.1) is 5.82 Å². The Hall–Kier alpha value is -2.13. The van der Waals surface area contributed by atoms with Crippen LogP contribution in [0.25, 0.3) is 10.9 Å². The van der Waals surface area contributed by atoms with E-state index >= 15 is 0 Å². The van der Waals surface area contributed by atoms with Gasteiger partial charge >= 0.3 is 0 Å². The first-order chi connectivity index (χ1) is 9.67. The first-order valence-corrected chi connectivity index (χ1v) is 6.53. The zero-order valence-corrected chi connectivity index (χ0v) is 11.3. The fourth-order valence-electron chi connectivity index (χ4n) is 2.26. The molecule has 2 aromatic carbocycles. The average Bonchev–Trinajstić information content (AvgIpc) is 2.84. The summed E-state index contributed by atoms with van der Waals surface area (Å²) in [6.45, 7) is 0.559. The van der Waals surface area contributed by atoms with Gasteiger partial charge in [-0.2, -0.15) is 0 Å². The summed E-state index contributed by atoms with van der Waals surface area (Å²) in [5, 5.41) is 1.41. The summed E-state index contributed by atoms with van der Waals surface area (Å²) in [6.07, 6.45) is 2.76. The van der Waals surface area contributed by atoms with Gasteiger partial charge in [-0.3, -0.25) is 4.79 Å². The number of aromatic nitrogens is 1. The van der Waals surface area contributed by atoms with E-state index in [0.29, 0.717) is 17.1 Å². The zero-order chi connectivity index (χ0) is 14.1. The van der Waals surface area contributed by atoms with E-state index in [-0.39, 0.29) is 5.82 Å². The smallest absolute Gasteiger partial charge is 0.150 e. The largest absolute Gasteiger partial charge is 0.343 e. The van der Waals surface area contributed by atoms with Crippen molar-refractivity contribution in [2.75, 3.05) is 0 Å². The summed E-state index contributed by atoms with van der Waals surface area (Å²) in [7, 11) is 0. The molecule has 0 aliphatic carbocycles. The van der Waals surface area contributed by atoms with Crippen LogP contribution in [0.5, 0.6) is 0 Å². The summed E-state index contributed by atoms with van der Waals surface area (Å²) in [6, 6.07) is 11.9. The summed E-state index contributed by atoms with van der Waals surface area (Å²) >= 11 is 6.05. The Labute approximate surface area is 120 Å². The van der Waals surface area contributed by atoms with Gasteiger partial charge in [-0.05, 0) is 42.0 Å². The molecule has 3 rings (SSSR count). The van der Waals surface area contributed by atoms with Crippen molar-refractivity contribution < 1.29 is 9.18 Å². The third-order valence-electron chi connectivity index (χ3n) is 3.29. The predicted molar refractivity (Wildman–Crippen MR) is 77.8 cm³/mol. The van der Waals surface area contributed by atoms with Gasteiger partial charge in [0.2, 0.25) is 0 Å². The minimum Gasteiger partial charge on any atom is -0.343 e. The number of halogens is 2. The van der Waals surface area contributed by atoms with Crippen LogP contribution in [0.3, 0.4) is 0 Å². The normalized spacial score (nSPS) is 10.9. The van der Waals surface area contributed by atoms with Crippen LogP contribution in [0.1, 0.15) is 15.9 Å². The highest BCUT2D eigenvalue weighted by atomic mass is 35.5. The van der Waals surface area contributed by atoms with Crippen molar-refractivity contribution in [1.29, 1.82) is 0 Å². The minimum atomic E-state index is -0.341. The van der Waals surface area contributed by atoms with Crippen molar-refractivity contribution in [3.05, 3.63) is 70.6 Å². The summed E-state index contributed by atoms with van der Waals surface area (Å²) in [4.78, 5) is 10.8.